The van der Waals surface area contributed by atoms with E-state index in [1.807, 2.05) is 6.07 Å². The lowest BCUT2D eigenvalue weighted by Gasteiger charge is -2.34. The van der Waals surface area contributed by atoms with E-state index in [0.717, 1.165) is 32.7 Å². The first-order valence-electron chi connectivity index (χ1n) is 8.89. The zero-order chi connectivity index (χ0) is 17.9. The van der Waals surface area contributed by atoms with E-state index in [-0.39, 0.29) is 5.43 Å². The van der Waals surface area contributed by atoms with E-state index in [2.05, 4.69) is 34.1 Å². The van der Waals surface area contributed by atoms with Crippen molar-refractivity contribution in [3.8, 4) is 0 Å². The summed E-state index contributed by atoms with van der Waals surface area (Å²) in [6, 6.07) is 17.4. The van der Waals surface area contributed by atoms with Crippen molar-refractivity contribution in [2.24, 2.45) is 0 Å². The summed E-state index contributed by atoms with van der Waals surface area (Å²) in [5.74, 6) is 0.696. The van der Waals surface area contributed by atoms with Crippen LogP contribution in [0, 0.1) is 0 Å². The summed E-state index contributed by atoms with van der Waals surface area (Å²) in [5, 5.41) is 0.905. The summed E-state index contributed by atoms with van der Waals surface area (Å²) in [7, 11) is 0. The first kappa shape index (κ1) is 17.3. The van der Waals surface area contributed by atoms with Gasteiger partial charge in [-0.15, -0.1) is 0 Å². The highest BCUT2D eigenvalue weighted by Crippen LogP contribution is 2.21. The average Bonchev–Trinajstić information content (AvgIpc) is 2.64. The largest absolute Gasteiger partial charge is 0.459 e. The SMILES string of the molecule is O=c1cc(CN2CCN(Cc3ccccc3)CC2)oc2cccc(Cl)c12. The van der Waals surface area contributed by atoms with Crippen LogP contribution in [0.1, 0.15) is 11.3 Å². The lowest BCUT2D eigenvalue weighted by Crippen LogP contribution is -2.45. The number of benzene rings is 2. The van der Waals surface area contributed by atoms with Crippen LogP contribution in [0.3, 0.4) is 0 Å². The zero-order valence-corrected chi connectivity index (χ0v) is 15.3. The Kier molecular flexibility index (Phi) is 5.07. The minimum Gasteiger partial charge on any atom is -0.459 e. The Labute approximate surface area is 157 Å². The van der Waals surface area contributed by atoms with E-state index in [9.17, 15) is 4.79 Å². The quantitative estimate of drug-likeness (QED) is 0.702. The van der Waals surface area contributed by atoms with E-state index in [1.165, 1.54) is 5.56 Å². The van der Waals surface area contributed by atoms with E-state index in [1.54, 1.807) is 24.3 Å². The summed E-state index contributed by atoms with van der Waals surface area (Å²) in [5.41, 5.74) is 1.83. The topological polar surface area (TPSA) is 36.7 Å². The van der Waals surface area contributed by atoms with Crippen LogP contribution in [0.2, 0.25) is 5.02 Å². The number of piperazine rings is 1. The van der Waals surface area contributed by atoms with Crippen LogP contribution in [0.5, 0.6) is 0 Å². The molecule has 4 nitrogen and oxygen atoms in total. The van der Waals surface area contributed by atoms with Gasteiger partial charge in [-0.1, -0.05) is 48.0 Å². The number of hydrogen-bond donors (Lipinski definition) is 0. The molecule has 5 heteroatoms. The highest BCUT2D eigenvalue weighted by atomic mass is 35.5. The van der Waals surface area contributed by atoms with Crippen molar-refractivity contribution in [2.45, 2.75) is 13.1 Å². The molecule has 1 saturated heterocycles. The van der Waals surface area contributed by atoms with Crippen molar-refractivity contribution < 1.29 is 4.42 Å². The van der Waals surface area contributed by atoms with Crippen molar-refractivity contribution in [3.63, 3.8) is 0 Å². The molecule has 134 valence electrons. The summed E-state index contributed by atoms with van der Waals surface area (Å²) < 4.78 is 5.91. The summed E-state index contributed by atoms with van der Waals surface area (Å²) in [6.45, 7) is 5.58. The fourth-order valence-electron chi connectivity index (χ4n) is 3.46. The van der Waals surface area contributed by atoms with Gasteiger partial charge >= 0.3 is 0 Å². The van der Waals surface area contributed by atoms with Gasteiger partial charge in [0.2, 0.25) is 0 Å². The molecule has 0 amide bonds. The maximum atomic E-state index is 12.3. The molecule has 0 bridgehead atoms. The number of rotatable bonds is 4. The highest BCUT2D eigenvalue weighted by Gasteiger charge is 2.18. The summed E-state index contributed by atoms with van der Waals surface area (Å²) in [4.78, 5) is 17.1. The third kappa shape index (κ3) is 3.83. The molecule has 0 N–H and O–H groups in total. The molecular weight excluding hydrogens is 348 g/mol. The third-order valence-corrected chi connectivity index (χ3v) is 5.16. The predicted octanol–water partition coefficient (Wildman–Crippen LogP) is 3.76. The molecular formula is C21H21ClN2O2. The smallest absolute Gasteiger partial charge is 0.194 e. The predicted molar refractivity (Wildman–Crippen MR) is 104 cm³/mol. The Morgan fingerprint density at radius 3 is 2.31 bits per heavy atom. The van der Waals surface area contributed by atoms with Gasteiger partial charge in [-0.05, 0) is 17.7 Å². The number of nitrogens with zero attached hydrogens (tertiary/aromatic N) is 2. The number of hydrogen-bond acceptors (Lipinski definition) is 4. The molecule has 4 rings (SSSR count). The number of halogens is 1. The van der Waals surface area contributed by atoms with Crippen LogP contribution in [0.25, 0.3) is 11.0 Å². The highest BCUT2D eigenvalue weighted by molar-refractivity contribution is 6.35. The van der Waals surface area contributed by atoms with Crippen LogP contribution >= 0.6 is 11.6 Å². The van der Waals surface area contributed by atoms with E-state index in [0.29, 0.717) is 28.3 Å². The molecule has 1 fully saturated rings. The molecule has 0 radical (unpaired) electrons. The molecule has 0 saturated carbocycles. The average molecular weight is 369 g/mol. The minimum atomic E-state index is -0.0745. The second kappa shape index (κ2) is 7.62. The Morgan fingerprint density at radius 2 is 1.58 bits per heavy atom. The van der Waals surface area contributed by atoms with Gasteiger partial charge in [0.05, 0.1) is 17.0 Å². The van der Waals surface area contributed by atoms with E-state index >= 15 is 0 Å². The molecule has 1 aromatic heterocycles. The van der Waals surface area contributed by atoms with Crippen molar-refractivity contribution in [1.82, 2.24) is 9.80 Å². The number of fused-ring (bicyclic) bond motifs is 1. The van der Waals surface area contributed by atoms with Gasteiger partial charge < -0.3 is 4.42 Å². The summed E-state index contributed by atoms with van der Waals surface area (Å²) in [6.07, 6.45) is 0. The van der Waals surface area contributed by atoms with Crippen molar-refractivity contribution in [1.29, 1.82) is 0 Å². The van der Waals surface area contributed by atoms with Crippen LogP contribution in [0.15, 0.2) is 63.8 Å². The Balaban J connectivity index is 1.40. The maximum absolute atomic E-state index is 12.3. The van der Waals surface area contributed by atoms with Crippen LogP contribution in [-0.4, -0.2) is 36.0 Å². The molecule has 0 spiro atoms. The second-order valence-electron chi connectivity index (χ2n) is 6.73. The lowest BCUT2D eigenvalue weighted by molar-refractivity contribution is 0.116. The maximum Gasteiger partial charge on any atom is 0.194 e. The molecule has 0 aliphatic carbocycles. The van der Waals surface area contributed by atoms with Crippen LogP contribution < -0.4 is 5.43 Å². The van der Waals surface area contributed by atoms with Gasteiger partial charge in [0.15, 0.2) is 5.43 Å². The van der Waals surface area contributed by atoms with Gasteiger partial charge in [-0.2, -0.15) is 0 Å². The molecule has 26 heavy (non-hydrogen) atoms. The molecule has 1 aliphatic heterocycles. The first-order chi connectivity index (χ1) is 12.7. The van der Waals surface area contributed by atoms with Gasteiger partial charge in [0, 0.05) is 38.8 Å². The van der Waals surface area contributed by atoms with Gasteiger partial charge in [0.25, 0.3) is 0 Å². The Hall–Kier alpha value is -2.14. The van der Waals surface area contributed by atoms with Crippen LogP contribution in [-0.2, 0) is 13.1 Å². The third-order valence-electron chi connectivity index (χ3n) is 4.85. The molecule has 0 unspecified atom stereocenters. The van der Waals surface area contributed by atoms with Crippen molar-refractivity contribution in [2.75, 3.05) is 26.2 Å². The molecule has 3 aromatic rings. The Morgan fingerprint density at radius 1 is 0.885 bits per heavy atom. The van der Waals surface area contributed by atoms with Gasteiger partial charge in [-0.25, -0.2) is 0 Å². The molecule has 1 aliphatic rings. The van der Waals surface area contributed by atoms with Crippen LogP contribution in [0.4, 0.5) is 0 Å². The van der Waals surface area contributed by atoms with Crippen molar-refractivity contribution >= 4 is 22.6 Å². The molecule has 2 heterocycles. The molecule has 2 aromatic carbocycles. The minimum absolute atomic E-state index is 0.0745. The van der Waals surface area contributed by atoms with Gasteiger partial charge in [-0.3, -0.25) is 14.6 Å². The fraction of sp³-hybridized carbons (Fsp3) is 0.286. The fourth-order valence-corrected chi connectivity index (χ4v) is 3.72. The Bertz CT molecular complexity index is 947. The van der Waals surface area contributed by atoms with E-state index in [4.69, 9.17) is 16.0 Å². The van der Waals surface area contributed by atoms with Crippen molar-refractivity contribution in [3.05, 3.63) is 81.2 Å². The zero-order valence-electron chi connectivity index (χ0n) is 14.5. The summed E-state index contributed by atoms with van der Waals surface area (Å²) >= 11 is 6.11. The standard InChI is InChI=1S/C21H21ClN2O2/c22-18-7-4-8-20-21(18)19(25)13-17(26-20)15-24-11-9-23(10-12-24)14-16-5-2-1-3-6-16/h1-8,13H,9-12,14-15H2. The monoisotopic (exact) mass is 368 g/mol. The first-order valence-corrected chi connectivity index (χ1v) is 9.27. The second-order valence-corrected chi connectivity index (χ2v) is 7.14. The van der Waals surface area contributed by atoms with E-state index < -0.39 is 0 Å². The normalized spacial score (nSPS) is 16.2. The van der Waals surface area contributed by atoms with Gasteiger partial charge in [0.1, 0.15) is 11.3 Å². The lowest BCUT2D eigenvalue weighted by atomic mass is 10.2. The molecule has 0 atom stereocenters.